The van der Waals surface area contributed by atoms with Gasteiger partial charge < -0.3 is 9.84 Å². The second kappa shape index (κ2) is 4.00. The van der Waals surface area contributed by atoms with Gasteiger partial charge in [-0.15, -0.1) is 0 Å². The fraction of sp³-hybridized carbons (Fsp3) is 0.889. The highest BCUT2D eigenvalue weighted by atomic mass is 19.4. The van der Waals surface area contributed by atoms with Crippen molar-refractivity contribution >= 4 is 5.97 Å². The van der Waals surface area contributed by atoms with Gasteiger partial charge in [-0.2, -0.15) is 13.2 Å². The molecule has 0 aromatic heterocycles. The van der Waals surface area contributed by atoms with Gasteiger partial charge >= 0.3 is 12.1 Å². The largest absolute Gasteiger partial charge is 0.481 e. The van der Waals surface area contributed by atoms with Gasteiger partial charge in [-0.1, -0.05) is 0 Å². The summed E-state index contributed by atoms with van der Waals surface area (Å²) in [5.74, 6) is -1.14. The molecule has 0 spiro atoms. The molecule has 1 aliphatic rings. The zero-order chi connectivity index (χ0) is 11.7. The van der Waals surface area contributed by atoms with Crippen LogP contribution in [0.1, 0.15) is 19.8 Å². The van der Waals surface area contributed by atoms with Gasteiger partial charge in [0.25, 0.3) is 0 Å². The van der Waals surface area contributed by atoms with Crippen LogP contribution in [0, 0.1) is 11.3 Å². The molecule has 88 valence electrons. The molecule has 15 heavy (non-hydrogen) atoms. The van der Waals surface area contributed by atoms with Crippen LogP contribution in [0.3, 0.4) is 0 Å². The summed E-state index contributed by atoms with van der Waals surface area (Å²) in [6.45, 7) is -0.335. The van der Waals surface area contributed by atoms with Crippen LogP contribution < -0.4 is 0 Å². The number of hydrogen-bond acceptors (Lipinski definition) is 2. The molecule has 1 N–H and O–H groups in total. The van der Waals surface area contributed by atoms with E-state index in [1.165, 1.54) is 6.92 Å². The first-order chi connectivity index (χ1) is 6.76. The van der Waals surface area contributed by atoms with Gasteiger partial charge in [0.1, 0.15) is 6.61 Å². The minimum absolute atomic E-state index is 0.0526. The van der Waals surface area contributed by atoms with Crippen LogP contribution in [0.5, 0.6) is 0 Å². The Bertz CT molecular complexity index is 247. The number of carbonyl (C=O) groups is 1. The van der Waals surface area contributed by atoms with E-state index in [4.69, 9.17) is 5.11 Å². The molecule has 0 amide bonds. The smallest absolute Gasteiger partial charge is 0.411 e. The minimum Gasteiger partial charge on any atom is -0.481 e. The molecule has 1 aliphatic carbocycles. The zero-order valence-corrected chi connectivity index (χ0v) is 8.30. The Morgan fingerprint density at radius 3 is 2.27 bits per heavy atom. The molecule has 0 radical (unpaired) electrons. The second-order valence-corrected chi connectivity index (χ2v) is 4.10. The van der Waals surface area contributed by atoms with Crippen LogP contribution in [-0.4, -0.2) is 30.5 Å². The molecule has 6 heteroatoms. The molecule has 1 unspecified atom stereocenters. The Kier molecular flexibility index (Phi) is 3.28. The molecule has 0 aromatic rings. The van der Waals surface area contributed by atoms with Crippen molar-refractivity contribution in [3.63, 3.8) is 0 Å². The maximum Gasteiger partial charge on any atom is 0.411 e. The summed E-state index contributed by atoms with van der Waals surface area (Å²) in [6, 6.07) is 0. The summed E-state index contributed by atoms with van der Waals surface area (Å²) < 4.78 is 39.7. The third kappa shape index (κ3) is 3.37. The van der Waals surface area contributed by atoms with Crippen LogP contribution >= 0.6 is 0 Å². The zero-order valence-electron chi connectivity index (χ0n) is 8.30. The van der Waals surface area contributed by atoms with Crippen LogP contribution in [0.15, 0.2) is 0 Å². The summed E-state index contributed by atoms with van der Waals surface area (Å²) in [5.41, 5.74) is -1.18. The van der Waals surface area contributed by atoms with E-state index >= 15 is 0 Å². The predicted molar refractivity (Wildman–Crippen MR) is 45.3 cm³/mol. The standard InChI is InChI=1S/C9H13F3O3/c1-8(7(13)14,6-2-3-6)4-15-5-9(10,11)12/h6H,2-5H2,1H3,(H,13,14). The lowest BCUT2D eigenvalue weighted by atomic mass is 9.86. The van der Waals surface area contributed by atoms with Crippen LogP contribution in [0.25, 0.3) is 0 Å². The topological polar surface area (TPSA) is 46.5 Å². The summed E-state index contributed by atoms with van der Waals surface area (Å²) in [7, 11) is 0. The molecule has 0 aliphatic heterocycles. The molecule has 0 bridgehead atoms. The number of carboxylic acid groups (broad SMARTS) is 1. The Morgan fingerprint density at radius 2 is 1.93 bits per heavy atom. The number of rotatable bonds is 5. The summed E-state index contributed by atoms with van der Waals surface area (Å²) in [6.07, 6.45) is -2.90. The van der Waals surface area contributed by atoms with E-state index in [2.05, 4.69) is 4.74 Å². The maximum atomic E-state index is 11.8. The lowest BCUT2D eigenvalue weighted by Crippen LogP contribution is -2.36. The van der Waals surface area contributed by atoms with Crippen molar-refractivity contribution in [3.8, 4) is 0 Å². The minimum atomic E-state index is -4.40. The molecule has 1 atom stereocenters. The lowest BCUT2D eigenvalue weighted by Gasteiger charge is -2.24. The Balaban J connectivity index is 2.43. The number of hydrogen-bond donors (Lipinski definition) is 1. The van der Waals surface area contributed by atoms with E-state index in [-0.39, 0.29) is 12.5 Å². The molecule has 1 saturated carbocycles. The Morgan fingerprint density at radius 1 is 1.40 bits per heavy atom. The van der Waals surface area contributed by atoms with Gasteiger partial charge in [0, 0.05) is 0 Å². The predicted octanol–water partition coefficient (Wildman–Crippen LogP) is 2.07. The number of alkyl halides is 3. The molecular weight excluding hydrogens is 213 g/mol. The van der Waals surface area contributed by atoms with Gasteiger partial charge in [0.2, 0.25) is 0 Å². The molecule has 1 fully saturated rings. The summed E-state index contributed by atoms with van der Waals surface area (Å²) >= 11 is 0. The molecule has 0 saturated heterocycles. The van der Waals surface area contributed by atoms with Crippen LogP contribution in [0.2, 0.25) is 0 Å². The van der Waals surface area contributed by atoms with Crippen molar-refractivity contribution in [1.82, 2.24) is 0 Å². The summed E-state index contributed by atoms with van der Waals surface area (Å²) in [4.78, 5) is 10.9. The van der Waals surface area contributed by atoms with Gasteiger partial charge in [0.15, 0.2) is 0 Å². The van der Waals surface area contributed by atoms with Gasteiger partial charge in [-0.05, 0) is 25.7 Å². The number of aliphatic carboxylic acids is 1. The van der Waals surface area contributed by atoms with E-state index in [0.29, 0.717) is 0 Å². The number of halogens is 3. The monoisotopic (exact) mass is 226 g/mol. The average molecular weight is 226 g/mol. The second-order valence-electron chi connectivity index (χ2n) is 4.10. The first-order valence-corrected chi connectivity index (χ1v) is 4.63. The first kappa shape index (κ1) is 12.3. The maximum absolute atomic E-state index is 11.8. The third-order valence-corrected chi connectivity index (χ3v) is 2.63. The quantitative estimate of drug-likeness (QED) is 0.780. The van der Waals surface area contributed by atoms with E-state index in [1.54, 1.807) is 0 Å². The van der Waals surface area contributed by atoms with Crippen LogP contribution in [0.4, 0.5) is 13.2 Å². The van der Waals surface area contributed by atoms with Crippen molar-refractivity contribution in [1.29, 1.82) is 0 Å². The molecular formula is C9H13F3O3. The molecule has 0 aromatic carbocycles. The van der Waals surface area contributed by atoms with Gasteiger partial charge in [-0.3, -0.25) is 4.79 Å². The summed E-state index contributed by atoms with van der Waals surface area (Å²) in [5, 5.41) is 8.91. The van der Waals surface area contributed by atoms with Crippen molar-refractivity contribution < 1.29 is 27.8 Å². The molecule has 1 rings (SSSR count). The third-order valence-electron chi connectivity index (χ3n) is 2.63. The van der Waals surface area contributed by atoms with Gasteiger partial charge in [-0.25, -0.2) is 0 Å². The molecule has 0 heterocycles. The highest BCUT2D eigenvalue weighted by molar-refractivity contribution is 5.75. The Hall–Kier alpha value is -0.780. The SMILES string of the molecule is CC(COCC(F)(F)F)(C(=O)O)C1CC1. The highest BCUT2D eigenvalue weighted by Gasteiger charge is 2.48. The average Bonchev–Trinajstić information content (AvgIpc) is 2.82. The van der Waals surface area contributed by atoms with Crippen LogP contribution in [-0.2, 0) is 9.53 Å². The fourth-order valence-corrected chi connectivity index (χ4v) is 1.45. The normalized spacial score (nSPS) is 21.1. The van der Waals surface area contributed by atoms with Gasteiger partial charge in [0.05, 0.1) is 12.0 Å². The van der Waals surface area contributed by atoms with Crippen molar-refractivity contribution in [2.75, 3.05) is 13.2 Å². The van der Waals surface area contributed by atoms with E-state index in [9.17, 15) is 18.0 Å². The Labute approximate surface area is 85.2 Å². The van der Waals surface area contributed by atoms with E-state index < -0.39 is 24.2 Å². The van der Waals surface area contributed by atoms with Crippen molar-refractivity contribution in [3.05, 3.63) is 0 Å². The number of ether oxygens (including phenoxy) is 1. The highest BCUT2D eigenvalue weighted by Crippen LogP contribution is 2.46. The number of carboxylic acids is 1. The first-order valence-electron chi connectivity index (χ1n) is 4.63. The molecule has 3 nitrogen and oxygen atoms in total. The fourth-order valence-electron chi connectivity index (χ4n) is 1.45. The lowest BCUT2D eigenvalue weighted by molar-refractivity contribution is -0.186. The van der Waals surface area contributed by atoms with Crippen molar-refractivity contribution in [2.24, 2.45) is 11.3 Å². The van der Waals surface area contributed by atoms with Crippen molar-refractivity contribution in [2.45, 2.75) is 25.9 Å². The van der Waals surface area contributed by atoms with E-state index in [1.807, 2.05) is 0 Å². The van der Waals surface area contributed by atoms with E-state index in [0.717, 1.165) is 12.8 Å².